The fourth-order valence-electron chi connectivity index (χ4n) is 3.98. The molecule has 0 spiro atoms. The maximum absolute atomic E-state index is 13.1. The van der Waals surface area contributed by atoms with Crippen LogP contribution in [0.2, 0.25) is 0 Å². The molecule has 0 saturated heterocycles. The molecule has 0 unspecified atom stereocenters. The van der Waals surface area contributed by atoms with Gasteiger partial charge in [0.05, 0.1) is 18.2 Å². The normalized spacial score (nSPS) is 20.5. The van der Waals surface area contributed by atoms with Crippen molar-refractivity contribution in [1.29, 1.82) is 0 Å². The zero-order valence-electron chi connectivity index (χ0n) is 18.1. The van der Waals surface area contributed by atoms with Gasteiger partial charge in [0, 0.05) is 5.70 Å². The van der Waals surface area contributed by atoms with Crippen LogP contribution in [0.25, 0.3) is 0 Å². The molecule has 0 radical (unpaired) electrons. The Morgan fingerprint density at radius 3 is 2.65 bits per heavy atom. The monoisotopic (exact) mass is 429 g/mol. The summed E-state index contributed by atoms with van der Waals surface area (Å²) >= 11 is 0. The average molecular weight is 430 g/mol. The van der Waals surface area contributed by atoms with E-state index in [1.165, 1.54) is 13.3 Å². The van der Waals surface area contributed by atoms with Gasteiger partial charge in [-0.2, -0.15) is 0 Å². The van der Waals surface area contributed by atoms with Gasteiger partial charge in [-0.3, -0.25) is 0 Å². The molecule has 8 heteroatoms. The number of esters is 2. The summed E-state index contributed by atoms with van der Waals surface area (Å²) in [5.74, 6) is -0.337. The van der Waals surface area contributed by atoms with Crippen molar-refractivity contribution < 1.29 is 23.9 Å². The SMILES string of the molecule is CCC1=C(C(=O)OCC2CCCCC2)[C@H](c2cccc(OC(=O)[C@H](C)N)c2)NC(=O)N1. The van der Waals surface area contributed by atoms with Crippen LogP contribution in [0.15, 0.2) is 35.5 Å². The first-order valence-electron chi connectivity index (χ1n) is 10.9. The molecule has 8 nitrogen and oxygen atoms in total. The quantitative estimate of drug-likeness (QED) is 0.453. The Hall–Kier alpha value is -2.87. The Bertz CT molecular complexity index is 859. The maximum atomic E-state index is 13.1. The molecule has 1 aromatic carbocycles. The molecule has 168 valence electrons. The molecule has 31 heavy (non-hydrogen) atoms. The summed E-state index contributed by atoms with van der Waals surface area (Å²) in [6.45, 7) is 3.79. The van der Waals surface area contributed by atoms with Gasteiger partial charge >= 0.3 is 18.0 Å². The Kier molecular flexibility index (Phi) is 7.68. The summed E-state index contributed by atoms with van der Waals surface area (Å²) in [5.41, 5.74) is 7.08. The number of urea groups is 1. The molecule has 2 amide bonds. The molecular formula is C23H31N3O5. The number of allylic oxidation sites excluding steroid dienone is 1. The van der Waals surface area contributed by atoms with Crippen molar-refractivity contribution in [2.75, 3.05) is 6.61 Å². The van der Waals surface area contributed by atoms with Crippen molar-refractivity contribution in [3.63, 3.8) is 0 Å². The molecule has 3 rings (SSSR count). The number of hydrogen-bond donors (Lipinski definition) is 3. The number of hydrogen-bond acceptors (Lipinski definition) is 6. The van der Waals surface area contributed by atoms with Gasteiger partial charge in [0.15, 0.2) is 0 Å². The minimum Gasteiger partial charge on any atom is -0.462 e. The van der Waals surface area contributed by atoms with Crippen LogP contribution in [-0.2, 0) is 14.3 Å². The summed E-state index contributed by atoms with van der Waals surface area (Å²) in [4.78, 5) is 37.2. The van der Waals surface area contributed by atoms with E-state index in [0.29, 0.717) is 41.5 Å². The lowest BCUT2D eigenvalue weighted by Gasteiger charge is -2.30. The zero-order chi connectivity index (χ0) is 22.4. The zero-order valence-corrected chi connectivity index (χ0v) is 18.1. The van der Waals surface area contributed by atoms with Gasteiger partial charge < -0.3 is 25.8 Å². The third-order valence-corrected chi connectivity index (χ3v) is 5.68. The van der Waals surface area contributed by atoms with Gasteiger partial charge in [-0.05, 0) is 49.8 Å². The van der Waals surface area contributed by atoms with Gasteiger partial charge in [0.2, 0.25) is 0 Å². The fraction of sp³-hybridized carbons (Fsp3) is 0.522. The average Bonchev–Trinajstić information content (AvgIpc) is 2.77. The molecule has 2 aliphatic rings. The van der Waals surface area contributed by atoms with E-state index < -0.39 is 30.1 Å². The lowest BCUT2D eigenvalue weighted by atomic mass is 9.90. The Labute approximate surface area is 182 Å². The number of carbonyl (C=O) groups excluding carboxylic acids is 3. The third kappa shape index (κ3) is 5.85. The van der Waals surface area contributed by atoms with Crippen LogP contribution in [0.4, 0.5) is 4.79 Å². The molecule has 4 N–H and O–H groups in total. The molecule has 1 aliphatic heterocycles. The van der Waals surface area contributed by atoms with E-state index in [0.717, 1.165) is 25.7 Å². The number of carbonyl (C=O) groups is 3. The van der Waals surface area contributed by atoms with Crippen LogP contribution in [-0.4, -0.2) is 30.6 Å². The van der Waals surface area contributed by atoms with Gasteiger partial charge in [0.1, 0.15) is 11.8 Å². The van der Waals surface area contributed by atoms with Gasteiger partial charge in [-0.1, -0.05) is 38.3 Å². The molecule has 0 bridgehead atoms. The van der Waals surface area contributed by atoms with Crippen LogP contribution in [0.1, 0.15) is 64.0 Å². The highest BCUT2D eigenvalue weighted by Gasteiger charge is 2.34. The number of amides is 2. The van der Waals surface area contributed by atoms with E-state index in [9.17, 15) is 14.4 Å². The van der Waals surface area contributed by atoms with Crippen molar-refractivity contribution in [3.05, 3.63) is 41.1 Å². The largest absolute Gasteiger partial charge is 0.462 e. The second-order valence-electron chi connectivity index (χ2n) is 8.16. The molecular weight excluding hydrogens is 398 g/mol. The lowest BCUT2D eigenvalue weighted by Crippen LogP contribution is -2.46. The number of nitrogens with one attached hydrogen (secondary N) is 2. The molecule has 2 atom stereocenters. The van der Waals surface area contributed by atoms with Crippen LogP contribution in [0, 0.1) is 5.92 Å². The fourth-order valence-corrected chi connectivity index (χ4v) is 3.98. The van der Waals surface area contributed by atoms with Crippen LogP contribution in [0.3, 0.4) is 0 Å². The van der Waals surface area contributed by atoms with Crippen LogP contribution < -0.4 is 21.1 Å². The highest BCUT2D eigenvalue weighted by Crippen LogP contribution is 2.31. The Balaban J connectivity index is 1.83. The van der Waals surface area contributed by atoms with E-state index >= 15 is 0 Å². The molecule has 1 fully saturated rings. The summed E-state index contributed by atoms with van der Waals surface area (Å²) in [6, 6.07) is 4.83. The van der Waals surface area contributed by atoms with E-state index in [4.69, 9.17) is 15.2 Å². The minimum absolute atomic E-state index is 0.292. The van der Waals surface area contributed by atoms with Crippen molar-refractivity contribution in [2.24, 2.45) is 11.7 Å². The van der Waals surface area contributed by atoms with Gasteiger partial charge in [0.25, 0.3) is 0 Å². The summed E-state index contributed by atoms with van der Waals surface area (Å²) < 4.78 is 11.0. The first-order valence-corrected chi connectivity index (χ1v) is 10.9. The molecule has 1 aliphatic carbocycles. The molecule has 1 saturated carbocycles. The third-order valence-electron chi connectivity index (χ3n) is 5.68. The van der Waals surface area contributed by atoms with Crippen molar-refractivity contribution >= 4 is 18.0 Å². The minimum atomic E-state index is -0.765. The van der Waals surface area contributed by atoms with Gasteiger partial charge in [-0.15, -0.1) is 0 Å². The topological polar surface area (TPSA) is 120 Å². The maximum Gasteiger partial charge on any atom is 0.338 e. The van der Waals surface area contributed by atoms with E-state index in [-0.39, 0.29) is 0 Å². The first kappa shape index (κ1) is 22.8. The van der Waals surface area contributed by atoms with Crippen LogP contribution in [0.5, 0.6) is 5.75 Å². The molecule has 1 heterocycles. The second kappa shape index (κ2) is 10.4. The summed E-state index contributed by atoms with van der Waals surface area (Å²) in [5, 5.41) is 5.52. The lowest BCUT2D eigenvalue weighted by molar-refractivity contribution is -0.141. The first-order chi connectivity index (χ1) is 14.9. The van der Waals surface area contributed by atoms with E-state index in [1.54, 1.807) is 24.3 Å². The van der Waals surface area contributed by atoms with Crippen molar-refractivity contribution in [1.82, 2.24) is 10.6 Å². The number of benzene rings is 1. The predicted molar refractivity (Wildman–Crippen MR) is 115 cm³/mol. The number of ether oxygens (including phenoxy) is 2. The predicted octanol–water partition coefficient (Wildman–Crippen LogP) is 3.08. The number of rotatable bonds is 7. The molecule has 1 aromatic rings. The second-order valence-corrected chi connectivity index (χ2v) is 8.16. The van der Waals surface area contributed by atoms with Crippen molar-refractivity contribution in [3.8, 4) is 5.75 Å². The Morgan fingerprint density at radius 2 is 1.97 bits per heavy atom. The number of nitrogens with two attached hydrogens (primary N) is 1. The Morgan fingerprint density at radius 1 is 1.23 bits per heavy atom. The van der Waals surface area contributed by atoms with E-state index in [2.05, 4.69) is 10.6 Å². The standard InChI is InChI=1S/C23H31N3O5/c1-3-18-19(22(28)30-13-15-8-5-4-6-9-15)20(26-23(29)25-18)16-10-7-11-17(12-16)31-21(27)14(2)24/h7,10-12,14-15,20H,3-6,8-9,13,24H2,1-2H3,(H2,25,26,29)/t14-,20-/m0/s1. The summed E-state index contributed by atoms with van der Waals surface area (Å²) in [6.07, 6.45) is 6.17. The van der Waals surface area contributed by atoms with Gasteiger partial charge in [-0.25, -0.2) is 14.4 Å². The van der Waals surface area contributed by atoms with Crippen LogP contribution >= 0.6 is 0 Å². The molecule has 0 aromatic heterocycles. The van der Waals surface area contributed by atoms with E-state index in [1.807, 2.05) is 6.92 Å². The highest BCUT2D eigenvalue weighted by molar-refractivity contribution is 5.95. The summed E-state index contributed by atoms with van der Waals surface area (Å²) in [7, 11) is 0. The smallest absolute Gasteiger partial charge is 0.338 e. The van der Waals surface area contributed by atoms with Crippen molar-refractivity contribution in [2.45, 2.75) is 64.5 Å². The highest BCUT2D eigenvalue weighted by atomic mass is 16.5.